The summed E-state index contributed by atoms with van der Waals surface area (Å²) in [6.45, 7) is 0. The van der Waals surface area contributed by atoms with Crippen molar-refractivity contribution in [3.05, 3.63) is 34.4 Å². The first-order valence-corrected chi connectivity index (χ1v) is 3.77. The van der Waals surface area contributed by atoms with Gasteiger partial charge in [-0.1, -0.05) is 4.57 Å². The second-order valence-corrected chi connectivity index (χ2v) is 2.69. The maximum Gasteiger partial charge on any atom is 0.363 e. The maximum absolute atomic E-state index is 10.3. The molecule has 56 valence electrons. The Balaban J connectivity index is 3.00. The quantitative estimate of drug-likeness (QED) is 0.381. The zero-order valence-corrected chi connectivity index (χ0v) is 6.48. The van der Waals surface area contributed by atoms with Crippen molar-refractivity contribution in [1.29, 1.82) is 0 Å². The van der Waals surface area contributed by atoms with Gasteiger partial charge in [0, 0.05) is 12.1 Å². The third-order valence-electron chi connectivity index (χ3n) is 1.20. The van der Waals surface area contributed by atoms with Crippen molar-refractivity contribution in [3.8, 4) is 0 Å². The Morgan fingerprint density at radius 3 is 2.18 bits per heavy atom. The lowest BCUT2D eigenvalue weighted by atomic mass is 10.3. The minimum Gasteiger partial charge on any atom is -0.258 e. The number of hydrogen-bond donors (Lipinski definition) is 0. The lowest BCUT2D eigenvalue weighted by molar-refractivity contribution is -0.384. The molecule has 0 aliphatic rings. The SMILES string of the molecule is O=[PH+]c1ccc([N+](=O)[O-])cc1. The summed E-state index contributed by atoms with van der Waals surface area (Å²) in [6, 6.07) is 5.62. The van der Waals surface area contributed by atoms with Crippen LogP contribution >= 0.6 is 8.46 Å². The Morgan fingerprint density at radius 1 is 1.27 bits per heavy atom. The van der Waals surface area contributed by atoms with Crippen molar-refractivity contribution in [1.82, 2.24) is 0 Å². The van der Waals surface area contributed by atoms with Crippen molar-refractivity contribution in [2.45, 2.75) is 0 Å². The number of non-ortho nitro benzene ring substituents is 1. The molecule has 0 amide bonds. The van der Waals surface area contributed by atoms with E-state index in [0.717, 1.165) is 0 Å². The van der Waals surface area contributed by atoms with E-state index < -0.39 is 13.4 Å². The molecular formula is C6H5NO3P+. The van der Waals surface area contributed by atoms with E-state index >= 15 is 0 Å². The summed E-state index contributed by atoms with van der Waals surface area (Å²) in [5.74, 6) is 0. The van der Waals surface area contributed by atoms with Gasteiger partial charge in [-0.25, -0.2) is 0 Å². The van der Waals surface area contributed by atoms with Crippen LogP contribution in [0.5, 0.6) is 0 Å². The molecule has 1 atom stereocenters. The van der Waals surface area contributed by atoms with E-state index in [1.165, 1.54) is 24.3 Å². The Hall–Kier alpha value is -1.28. The lowest BCUT2D eigenvalue weighted by Gasteiger charge is -1.86. The summed E-state index contributed by atoms with van der Waals surface area (Å²) < 4.78 is 10.3. The van der Waals surface area contributed by atoms with Gasteiger partial charge in [-0.3, -0.25) is 10.1 Å². The van der Waals surface area contributed by atoms with Crippen LogP contribution in [0.1, 0.15) is 0 Å². The first kappa shape index (κ1) is 7.82. The molecule has 1 aromatic rings. The minimum absolute atomic E-state index is 0.0204. The molecule has 0 saturated carbocycles. The van der Waals surface area contributed by atoms with Crippen LogP contribution in [0.4, 0.5) is 5.69 Å². The average molecular weight is 170 g/mol. The van der Waals surface area contributed by atoms with Gasteiger partial charge in [0.25, 0.3) is 5.69 Å². The number of nitrogens with zero attached hydrogens (tertiary/aromatic N) is 1. The molecule has 0 aliphatic heterocycles. The Kier molecular flexibility index (Phi) is 2.28. The molecule has 0 radical (unpaired) electrons. The molecule has 0 aliphatic carbocycles. The molecule has 4 nitrogen and oxygen atoms in total. The van der Waals surface area contributed by atoms with Crippen LogP contribution < -0.4 is 5.30 Å². The molecule has 0 bridgehead atoms. The highest BCUT2D eigenvalue weighted by molar-refractivity contribution is 7.34. The summed E-state index contributed by atoms with van der Waals surface area (Å²) in [6.07, 6.45) is 0. The van der Waals surface area contributed by atoms with Crippen molar-refractivity contribution < 1.29 is 9.49 Å². The first-order chi connectivity index (χ1) is 5.24. The molecule has 1 rings (SSSR count). The van der Waals surface area contributed by atoms with Gasteiger partial charge in [0.1, 0.15) is 0 Å². The van der Waals surface area contributed by atoms with Crippen LogP contribution in [-0.4, -0.2) is 4.92 Å². The van der Waals surface area contributed by atoms with Crippen molar-refractivity contribution in [2.24, 2.45) is 0 Å². The second kappa shape index (κ2) is 3.21. The number of nitro groups is 1. The molecule has 0 spiro atoms. The number of hydrogen-bond acceptors (Lipinski definition) is 3. The van der Waals surface area contributed by atoms with E-state index in [0.29, 0.717) is 5.30 Å². The normalized spacial score (nSPS) is 9.82. The van der Waals surface area contributed by atoms with E-state index in [2.05, 4.69) is 0 Å². The van der Waals surface area contributed by atoms with E-state index in [1.807, 2.05) is 0 Å². The lowest BCUT2D eigenvalue weighted by Crippen LogP contribution is -1.92. The predicted molar refractivity (Wildman–Crippen MR) is 41.7 cm³/mol. The zero-order chi connectivity index (χ0) is 8.27. The molecule has 0 saturated heterocycles. The molecule has 0 aromatic heterocycles. The molecule has 5 heteroatoms. The van der Waals surface area contributed by atoms with Crippen LogP contribution in [0.2, 0.25) is 0 Å². The number of nitro benzene ring substituents is 1. The van der Waals surface area contributed by atoms with Crippen molar-refractivity contribution in [3.63, 3.8) is 0 Å². The van der Waals surface area contributed by atoms with Crippen LogP contribution in [-0.2, 0) is 4.57 Å². The van der Waals surface area contributed by atoms with Crippen LogP contribution in [0.25, 0.3) is 0 Å². The largest absolute Gasteiger partial charge is 0.363 e. The Morgan fingerprint density at radius 2 is 1.82 bits per heavy atom. The van der Waals surface area contributed by atoms with Gasteiger partial charge in [-0.2, -0.15) is 0 Å². The summed E-state index contributed by atoms with van der Waals surface area (Å²) >= 11 is 0. The molecule has 0 N–H and O–H groups in total. The predicted octanol–water partition coefficient (Wildman–Crippen LogP) is 1.24. The molecule has 1 aromatic carbocycles. The minimum atomic E-state index is -0.553. The summed E-state index contributed by atoms with van der Waals surface area (Å²) in [4.78, 5) is 9.64. The Bertz CT molecular complexity index is 282. The molecule has 1 unspecified atom stereocenters. The van der Waals surface area contributed by atoms with Crippen LogP contribution in [0.3, 0.4) is 0 Å². The van der Waals surface area contributed by atoms with Gasteiger partial charge in [0.2, 0.25) is 0 Å². The molecule has 0 fully saturated rings. The second-order valence-electron chi connectivity index (χ2n) is 1.91. The fraction of sp³-hybridized carbons (Fsp3) is 0. The highest BCUT2D eigenvalue weighted by atomic mass is 31.1. The fourth-order valence-corrected chi connectivity index (χ4v) is 0.954. The maximum atomic E-state index is 10.3. The first-order valence-electron chi connectivity index (χ1n) is 2.86. The highest BCUT2D eigenvalue weighted by Gasteiger charge is 2.05. The summed E-state index contributed by atoms with van der Waals surface area (Å²) in [7, 11) is -0.553. The van der Waals surface area contributed by atoms with Gasteiger partial charge in [0.05, 0.1) is 4.92 Å². The van der Waals surface area contributed by atoms with Gasteiger partial charge < -0.3 is 0 Å². The topological polar surface area (TPSA) is 60.2 Å². The monoisotopic (exact) mass is 170 g/mol. The van der Waals surface area contributed by atoms with Gasteiger partial charge >= 0.3 is 8.46 Å². The highest BCUT2D eigenvalue weighted by Crippen LogP contribution is 2.08. The van der Waals surface area contributed by atoms with Gasteiger partial charge in [-0.15, -0.1) is 0 Å². The summed E-state index contributed by atoms with van der Waals surface area (Å²) in [5, 5.41) is 10.7. The smallest absolute Gasteiger partial charge is 0.258 e. The van der Waals surface area contributed by atoms with E-state index in [4.69, 9.17) is 0 Å². The van der Waals surface area contributed by atoms with E-state index in [-0.39, 0.29) is 5.69 Å². The van der Waals surface area contributed by atoms with Crippen molar-refractivity contribution >= 4 is 19.5 Å². The summed E-state index contributed by atoms with van der Waals surface area (Å²) in [5.41, 5.74) is 0.0204. The van der Waals surface area contributed by atoms with Gasteiger partial charge in [0.15, 0.2) is 5.30 Å². The average Bonchev–Trinajstić information content (AvgIpc) is 2.05. The van der Waals surface area contributed by atoms with Gasteiger partial charge in [-0.05, 0) is 12.1 Å². The third-order valence-corrected chi connectivity index (χ3v) is 1.77. The van der Waals surface area contributed by atoms with Crippen LogP contribution in [0.15, 0.2) is 24.3 Å². The Labute approximate surface area is 64.2 Å². The third kappa shape index (κ3) is 1.82. The van der Waals surface area contributed by atoms with E-state index in [9.17, 15) is 14.7 Å². The number of rotatable bonds is 2. The zero-order valence-electron chi connectivity index (χ0n) is 5.48. The standard InChI is InChI=1S/C6H4NO3P/c8-7(9)5-1-3-6(11-10)4-2-5/h1-4H/p+1. The van der Waals surface area contributed by atoms with Crippen LogP contribution in [0, 0.1) is 10.1 Å². The molecule has 0 heterocycles. The molecule has 11 heavy (non-hydrogen) atoms. The number of benzene rings is 1. The van der Waals surface area contributed by atoms with E-state index in [1.54, 1.807) is 0 Å². The van der Waals surface area contributed by atoms with Crippen molar-refractivity contribution in [2.75, 3.05) is 0 Å². The molecular weight excluding hydrogens is 165 g/mol. The fourth-order valence-electron chi connectivity index (χ4n) is 0.651.